The average Bonchev–Trinajstić information content (AvgIpc) is 2.66. The Kier molecular flexibility index (Phi) is 8.32. The zero-order valence-electron chi connectivity index (χ0n) is 15.4. The molecule has 25 heavy (non-hydrogen) atoms. The number of aliphatic imine (C=N–C) groups is 1. The van der Waals surface area contributed by atoms with E-state index >= 15 is 0 Å². The van der Waals surface area contributed by atoms with E-state index in [1.807, 2.05) is 31.2 Å². The molecule has 0 spiro atoms. The SMILES string of the molecule is CCNC(=NCC(O)c1ccc(OC)cc1)NCCC1=CCCCC1. The van der Waals surface area contributed by atoms with Crippen LogP contribution in [0.3, 0.4) is 0 Å². The van der Waals surface area contributed by atoms with E-state index in [0.717, 1.165) is 36.8 Å². The smallest absolute Gasteiger partial charge is 0.191 e. The average molecular weight is 345 g/mol. The van der Waals surface area contributed by atoms with Gasteiger partial charge in [0.05, 0.1) is 19.8 Å². The first-order valence-corrected chi connectivity index (χ1v) is 9.25. The third-order valence-electron chi connectivity index (χ3n) is 4.39. The van der Waals surface area contributed by atoms with Gasteiger partial charge in [0.2, 0.25) is 0 Å². The molecule has 1 aliphatic rings. The van der Waals surface area contributed by atoms with Crippen molar-refractivity contribution in [1.82, 2.24) is 10.6 Å². The molecule has 0 aliphatic heterocycles. The molecule has 0 heterocycles. The molecular weight excluding hydrogens is 314 g/mol. The van der Waals surface area contributed by atoms with Gasteiger partial charge in [-0.25, -0.2) is 0 Å². The number of nitrogens with zero attached hydrogens (tertiary/aromatic N) is 1. The van der Waals surface area contributed by atoms with Gasteiger partial charge in [-0.15, -0.1) is 0 Å². The van der Waals surface area contributed by atoms with Gasteiger partial charge >= 0.3 is 0 Å². The summed E-state index contributed by atoms with van der Waals surface area (Å²) < 4.78 is 5.14. The van der Waals surface area contributed by atoms with Gasteiger partial charge < -0.3 is 20.5 Å². The second kappa shape index (κ2) is 10.8. The van der Waals surface area contributed by atoms with Crippen molar-refractivity contribution in [3.05, 3.63) is 41.5 Å². The van der Waals surface area contributed by atoms with E-state index in [4.69, 9.17) is 4.74 Å². The number of aliphatic hydroxyl groups excluding tert-OH is 1. The lowest BCUT2D eigenvalue weighted by Gasteiger charge is -2.16. The summed E-state index contributed by atoms with van der Waals surface area (Å²) in [6.07, 6.45) is 7.90. The number of aliphatic hydroxyl groups is 1. The van der Waals surface area contributed by atoms with E-state index in [9.17, 15) is 5.11 Å². The Hall–Kier alpha value is -2.01. The van der Waals surface area contributed by atoms with E-state index in [1.54, 1.807) is 12.7 Å². The van der Waals surface area contributed by atoms with Crippen molar-refractivity contribution in [3.63, 3.8) is 0 Å². The lowest BCUT2D eigenvalue weighted by atomic mass is 9.97. The van der Waals surface area contributed by atoms with Gasteiger partial charge in [-0.3, -0.25) is 4.99 Å². The van der Waals surface area contributed by atoms with Gasteiger partial charge in [0.25, 0.3) is 0 Å². The maximum absolute atomic E-state index is 10.3. The molecule has 0 saturated carbocycles. The van der Waals surface area contributed by atoms with Crippen LogP contribution in [-0.4, -0.2) is 37.8 Å². The van der Waals surface area contributed by atoms with E-state index in [1.165, 1.54) is 25.7 Å². The molecule has 1 unspecified atom stereocenters. The van der Waals surface area contributed by atoms with E-state index in [-0.39, 0.29) is 0 Å². The van der Waals surface area contributed by atoms with Crippen LogP contribution in [0.1, 0.15) is 50.7 Å². The van der Waals surface area contributed by atoms with Gasteiger partial charge in [0, 0.05) is 13.1 Å². The molecule has 5 nitrogen and oxygen atoms in total. The summed E-state index contributed by atoms with van der Waals surface area (Å²) in [5.74, 6) is 1.54. The first-order valence-electron chi connectivity index (χ1n) is 9.25. The summed E-state index contributed by atoms with van der Waals surface area (Å²) in [5.41, 5.74) is 2.39. The molecule has 1 aliphatic carbocycles. The zero-order chi connectivity index (χ0) is 17.9. The molecular formula is C20H31N3O2. The molecule has 138 valence electrons. The summed E-state index contributed by atoms with van der Waals surface area (Å²) in [6.45, 7) is 4.04. The summed E-state index contributed by atoms with van der Waals surface area (Å²) in [6, 6.07) is 7.44. The van der Waals surface area contributed by atoms with Gasteiger partial charge in [0.15, 0.2) is 5.96 Å². The monoisotopic (exact) mass is 345 g/mol. The molecule has 0 saturated heterocycles. The Morgan fingerprint density at radius 2 is 2.04 bits per heavy atom. The largest absolute Gasteiger partial charge is 0.497 e. The predicted molar refractivity (Wildman–Crippen MR) is 103 cm³/mol. The minimum Gasteiger partial charge on any atom is -0.497 e. The molecule has 2 rings (SSSR count). The minimum absolute atomic E-state index is 0.324. The van der Waals surface area contributed by atoms with E-state index < -0.39 is 6.10 Å². The Labute approximate surface area is 151 Å². The number of ether oxygens (including phenoxy) is 1. The van der Waals surface area contributed by atoms with Crippen molar-refractivity contribution < 1.29 is 9.84 Å². The van der Waals surface area contributed by atoms with Gasteiger partial charge in [-0.2, -0.15) is 0 Å². The lowest BCUT2D eigenvalue weighted by molar-refractivity contribution is 0.187. The second-order valence-electron chi connectivity index (χ2n) is 6.29. The van der Waals surface area contributed by atoms with Gasteiger partial charge in [-0.1, -0.05) is 23.8 Å². The Bertz CT molecular complexity index is 567. The Morgan fingerprint density at radius 1 is 1.24 bits per heavy atom. The quantitative estimate of drug-likeness (QED) is 0.385. The molecule has 1 aromatic carbocycles. The van der Waals surface area contributed by atoms with Crippen LogP contribution in [0.5, 0.6) is 5.75 Å². The molecule has 0 bridgehead atoms. The molecule has 5 heteroatoms. The van der Waals surface area contributed by atoms with Crippen LogP contribution in [0, 0.1) is 0 Å². The fourth-order valence-corrected chi connectivity index (χ4v) is 2.92. The molecule has 0 fully saturated rings. The van der Waals surface area contributed by atoms with Crippen molar-refractivity contribution in [3.8, 4) is 5.75 Å². The number of guanidine groups is 1. The van der Waals surface area contributed by atoms with Crippen molar-refractivity contribution in [2.75, 3.05) is 26.7 Å². The van der Waals surface area contributed by atoms with Crippen molar-refractivity contribution in [1.29, 1.82) is 0 Å². The van der Waals surface area contributed by atoms with Crippen LogP contribution in [0.2, 0.25) is 0 Å². The normalized spacial score (nSPS) is 16.1. The van der Waals surface area contributed by atoms with Crippen LogP contribution in [0.25, 0.3) is 0 Å². The number of hydrogen-bond acceptors (Lipinski definition) is 3. The molecule has 0 radical (unpaired) electrons. The first-order chi connectivity index (χ1) is 12.2. The Balaban J connectivity index is 1.83. The maximum atomic E-state index is 10.3. The van der Waals surface area contributed by atoms with Crippen LogP contribution < -0.4 is 15.4 Å². The predicted octanol–water partition coefficient (Wildman–Crippen LogP) is 3.17. The van der Waals surface area contributed by atoms with Crippen LogP contribution in [-0.2, 0) is 0 Å². The topological polar surface area (TPSA) is 65.9 Å². The summed E-state index contributed by atoms with van der Waals surface area (Å²) in [5, 5.41) is 16.9. The minimum atomic E-state index is -0.623. The van der Waals surface area contributed by atoms with Gasteiger partial charge in [0.1, 0.15) is 5.75 Å². The third-order valence-corrected chi connectivity index (χ3v) is 4.39. The summed E-state index contributed by atoms with van der Waals surface area (Å²) in [7, 11) is 1.63. The van der Waals surface area contributed by atoms with Crippen molar-refractivity contribution in [2.24, 2.45) is 4.99 Å². The lowest BCUT2D eigenvalue weighted by Crippen LogP contribution is -2.38. The molecule has 0 amide bonds. The fourth-order valence-electron chi connectivity index (χ4n) is 2.92. The van der Waals surface area contributed by atoms with Crippen LogP contribution >= 0.6 is 0 Å². The number of hydrogen-bond donors (Lipinski definition) is 3. The van der Waals surface area contributed by atoms with E-state index in [2.05, 4.69) is 21.7 Å². The third kappa shape index (κ3) is 6.78. The fraction of sp³-hybridized carbons (Fsp3) is 0.550. The zero-order valence-corrected chi connectivity index (χ0v) is 15.4. The highest BCUT2D eigenvalue weighted by atomic mass is 16.5. The molecule has 1 aromatic rings. The summed E-state index contributed by atoms with van der Waals surface area (Å²) in [4.78, 5) is 4.51. The highest BCUT2D eigenvalue weighted by Crippen LogP contribution is 2.19. The first kappa shape index (κ1) is 19.3. The Morgan fingerprint density at radius 3 is 2.68 bits per heavy atom. The number of methoxy groups -OCH3 is 1. The van der Waals surface area contributed by atoms with Crippen molar-refractivity contribution >= 4 is 5.96 Å². The van der Waals surface area contributed by atoms with Crippen LogP contribution in [0.15, 0.2) is 40.9 Å². The number of nitrogens with one attached hydrogen (secondary N) is 2. The van der Waals surface area contributed by atoms with Gasteiger partial charge in [-0.05, 0) is 56.7 Å². The maximum Gasteiger partial charge on any atom is 0.191 e. The number of rotatable bonds is 8. The summed E-state index contributed by atoms with van der Waals surface area (Å²) >= 11 is 0. The number of benzene rings is 1. The highest BCUT2D eigenvalue weighted by molar-refractivity contribution is 5.79. The number of allylic oxidation sites excluding steroid dienone is 1. The van der Waals surface area contributed by atoms with Crippen LogP contribution in [0.4, 0.5) is 0 Å². The standard InChI is InChI=1S/C20H31N3O2/c1-3-21-20(22-14-13-16-7-5-4-6-8-16)23-15-19(24)17-9-11-18(25-2)12-10-17/h7,9-12,19,24H,3-6,8,13-15H2,1-2H3,(H2,21,22,23). The van der Waals surface area contributed by atoms with Crippen molar-refractivity contribution in [2.45, 2.75) is 45.1 Å². The molecule has 0 aromatic heterocycles. The highest BCUT2D eigenvalue weighted by Gasteiger charge is 2.08. The second-order valence-corrected chi connectivity index (χ2v) is 6.29. The molecule has 3 N–H and O–H groups in total. The van der Waals surface area contributed by atoms with E-state index in [0.29, 0.717) is 6.54 Å². The molecule has 1 atom stereocenters.